The second-order valence-electron chi connectivity index (χ2n) is 5.20. The first-order valence-corrected chi connectivity index (χ1v) is 7.65. The first kappa shape index (κ1) is 12.0. The molecular weight excluding hydrogens is 246 g/mol. The second kappa shape index (κ2) is 4.88. The topological polar surface area (TPSA) is 54.9 Å². The number of thioether (sulfide) groups is 1. The average molecular weight is 263 g/mol. The van der Waals surface area contributed by atoms with Gasteiger partial charge < -0.3 is 5.32 Å². The number of carbonyl (C=O) groups excluding carboxylic acids is 1. The number of fused-ring (bicyclic) bond motifs is 2. The maximum atomic E-state index is 11.0. The first-order chi connectivity index (χ1) is 8.80. The summed E-state index contributed by atoms with van der Waals surface area (Å²) >= 11 is 1.50. The molecular formula is C13H17N3OS. The van der Waals surface area contributed by atoms with E-state index in [9.17, 15) is 4.79 Å². The molecule has 0 unspecified atom stereocenters. The lowest BCUT2D eigenvalue weighted by Crippen LogP contribution is -2.27. The van der Waals surface area contributed by atoms with E-state index >= 15 is 0 Å². The van der Waals surface area contributed by atoms with Crippen LogP contribution in [0.5, 0.6) is 0 Å². The molecule has 1 N–H and O–H groups in total. The zero-order valence-electron chi connectivity index (χ0n) is 10.4. The Labute approximate surface area is 111 Å². The number of rotatable bonds is 4. The Kier molecular flexibility index (Phi) is 3.24. The van der Waals surface area contributed by atoms with Crippen LogP contribution in [0.25, 0.3) is 0 Å². The van der Waals surface area contributed by atoms with Crippen molar-refractivity contribution in [1.82, 2.24) is 9.97 Å². The summed E-state index contributed by atoms with van der Waals surface area (Å²) in [5.41, 5.74) is 0.565. The number of aromatic nitrogens is 2. The second-order valence-corrected chi connectivity index (χ2v) is 5.98. The molecule has 5 heteroatoms. The van der Waals surface area contributed by atoms with E-state index in [0.29, 0.717) is 22.6 Å². The van der Waals surface area contributed by atoms with E-state index in [-0.39, 0.29) is 0 Å². The molecule has 2 aliphatic rings. The highest BCUT2D eigenvalue weighted by atomic mass is 32.2. The third kappa shape index (κ3) is 2.11. The fraction of sp³-hybridized carbons (Fsp3) is 0.615. The maximum Gasteiger partial charge on any atom is 0.189 e. The third-order valence-electron chi connectivity index (χ3n) is 4.16. The van der Waals surface area contributed by atoms with Gasteiger partial charge in [0.1, 0.15) is 5.82 Å². The van der Waals surface area contributed by atoms with E-state index in [4.69, 9.17) is 0 Å². The molecule has 0 saturated heterocycles. The summed E-state index contributed by atoms with van der Waals surface area (Å²) in [5, 5.41) is 4.18. The highest BCUT2D eigenvalue weighted by Gasteiger charge is 2.39. The van der Waals surface area contributed by atoms with Crippen molar-refractivity contribution in [2.24, 2.45) is 11.8 Å². The lowest BCUT2D eigenvalue weighted by molar-refractivity contribution is 0.112. The molecule has 3 rings (SSSR count). The minimum absolute atomic E-state index is 0.493. The number of nitrogens with zero attached hydrogens (tertiary/aromatic N) is 2. The van der Waals surface area contributed by atoms with Crippen molar-refractivity contribution < 1.29 is 4.79 Å². The smallest absolute Gasteiger partial charge is 0.189 e. The van der Waals surface area contributed by atoms with Gasteiger partial charge >= 0.3 is 0 Å². The van der Waals surface area contributed by atoms with Gasteiger partial charge in [-0.15, -0.1) is 0 Å². The molecule has 96 valence electrons. The fourth-order valence-corrected chi connectivity index (χ4v) is 3.61. The largest absolute Gasteiger partial charge is 0.366 e. The van der Waals surface area contributed by atoms with Crippen LogP contribution in [-0.2, 0) is 0 Å². The van der Waals surface area contributed by atoms with Gasteiger partial charge in [-0.1, -0.05) is 18.2 Å². The van der Waals surface area contributed by atoms with Gasteiger partial charge in [0, 0.05) is 12.2 Å². The van der Waals surface area contributed by atoms with E-state index in [1.54, 1.807) is 6.20 Å². The summed E-state index contributed by atoms with van der Waals surface area (Å²) in [4.78, 5) is 19.6. The van der Waals surface area contributed by atoms with Gasteiger partial charge in [-0.25, -0.2) is 9.97 Å². The number of nitrogens with one attached hydrogen (secondary N) is 1. The van der Waals surface area contributed by atoms with Gasteiger partial charge in [-0.2, -0.15) is 0 Å². The van der Waals surface area contributed by atoms with Crippen molar-refractivity contribution in [2.75, 3.05) is 11.6 Å². The Balaban J connectivity index is 1.80. The summed E-state index contributed by atoms with van der Waals surface area (Å²) in [6, 6.07) is 0.493. The van der Waals surface area contributed by atoms with Crippen LogP contribution in [0.3, 0.4) is 0 Å². The van der Waals surface area contributed by atoms with Gasteiger partial charge in [-0.05, 0) is 37.4 Å². The molecule has 18 heavy (non-hydrogen) atoms. The molecule has 2 bridgehead atoms. The molecule has 0 radical (unpaired) electrons. The average Bonchev–Trinajstić information content (AvgIpc) is 3.01. The van der Waals surface area contributed by atoms with Crippen LogP contribution < -0.4 is 5.32 Å². The molecule has 2 fully saturated rings. The Morgan fingerprint density at radius 3 is 2.94 bits per heavy atom. The Bertz CT molecular complexity index is 466. The number of hydrogen-bond donors (Lipinski definition) is 1. The van der Waals surface area contributed by atoms with Gasteiger partial charge in [-0.3, -0.25) is 4.79 Å². The zero-order chi connectivity index (χ0) is 12.5. The normalized spacial score (nSPS) is 29.5. The minimum atomic E-state index is 0.493. The Morgan fingerprint density at radius 2 is 2.33 bits per heavy atom. The Hall–Kier alpha value is -1.10. The highest BCUT2D eigenvalue weighted by Crippen LogP contribution is 2.45. The summed E-state index contributed by atoms with van der Waals surface area (Å²) < 4.78 is 0. The van der Waals surface area contributed by atoms with Crippen LogP contribution >= 0.6 is 11.8 Å². The van der Waals surface area contributed by atoms with Crippen molar-refractivity contribution in [1.29, 1.82) is 0 Å². The van der Waals surface area contributed by atoms with Crippen LogP contribution in [0.1, 0.15) is 36.0 Å². The standard InChI is InChI=1S/C13H17N3OS/c1-18-13-14-6-10(7-17)12(16-13)15-11-5-8-2-3-9(11)4-8/h6-9,11H,2-5H2,1H3,(H,14,15,16)/t8-,9+,11+/m1/s1. The summed E-state index contributed by atoms with van der Waals surface area (Å²) in [6.07, 6.45) is 9.65. The fourth-order valence-electron chi connectivity index (χ4n) is 3.27. The van der Waals surface area contributed by atoms with E-state index < -0.39 is 0 Å². The van der Waals surface area contributed by atoms with Gasteiger partial charge in [0.05, 0.1) is 5.56 Å². The van der Waals surface area contributed by atoms with Gasteiger partial charge in [0.2, 0.25) is 0 Å². The molecule has 0 amide bonds. The maximum absolute atomic E-state index is 11.0. The predicted octanol–water partition coefficient (Wildman–Crippen LogP) is 2.61. The zero-order valence-corrected chi connectivity index (χ0v) is 11.2. The minimum Gasteiger partial charge on any atom is -0.366 e. The number of aldehydes is 1. The number of hydrogen-bond acceptors (Lipinski definition) is 5. The first-order valence-electron chi connectivity index (χ1n) is 6.43. The molecule has 1 aromatic heterocycles. The molecule has 0 spiro atoms. The lowest BCUT2D eigenvalue weighted by Gasteiger charge is -2.24. The predicted molar refractivity (Wildman–Crippen MR) is 72.1 cm³/mol. The van der Waals surface area contributed by atoms with Crippen molar-refractivity contribution in [3.63, 3.8) is 0 Å². The van der Waals surface area contributed by atoms with Gasteiger partial charge in [0.15, 0.2) is 11.4 Å². The molecule has 3 atom stereocenters. The Morgan fingerprint density at radius 1 is 1.44 bits per heavy atom. The van der Waals surface area contributed by atoms with Crippen molar-refractivity contribution in [3.8, 4) is 0 Å². The van der Waals surface area contributed by atoms with Crippen molar-refractivity contribution in [3.05, 3.63) is 11.8 Å². The summed E-state index contributed by atoms with van der Waals surface area (Å²) in [7, 11) is 0. The molecule has 4 nitrogen and oxygen atoms in total. The van der Waals surface area contributed by atoms with Crippen LogP contribution in [0.4, 0.5) is 5.82 Å². The molecule has 1 heterocycles. The third-order valence-corrected chi connectivity index (χ3v) is 4.73. The molecule has 1 aromatic rings. The van der Waals surface area contributed by atoms with Crippen molar-refractivity contribution >= 4 is 23.9 Å². The molecule has 2 saturated carbocycles. The quantitative estimate of drug-likeness (QED) is 0.514. The number of anilines is 1. The highest BCUT2D eigenvalue weighted by molar-refractivity contribution is 7.98. The number of carbonyl (C=O) groups is 1. The van der Waals surface area contributed by atoms with E-state index in [0.717, 1.165) is 18.1 Å². The van der Waals surface area contributed by atoms with Gasteiger partial charge in [0.25, 0.3) is 0 Å². The van der Waals surface area contributed by atoms with E-state index in [1.807, 2.05) is 6.26 Å². The molecule has 0 aliphatic heterocycles. The molecule has 2 aliphatic carbocycles. The SMILES string of the molecule is CSc1ncc(C=O)c(N[C@H]2C[C@@H]3CC[C@H]2C3)n1. The monoisotopic (exact) mass is 263 g/mol. The van der Waals surface area contributed by atoms with E-state index in [2.05, 4.69) is 15.3 Å². The van der Waals surface area contributed by atoms with Crippen LogP contribution in [0.15, 0.2) is 11.4 Å². The van der Waals surface area contributed by atoms with Crippen molar-refractivity contribution in [2.45, 2.75) is 36.9 Å². The van der Waals surface area contributed by atoms with Crippen LogP contribution in [0, 0.1) is 11.8 Å². The lowest BCUT2D eigenvalue weighted by atomic mass is 9.95. The molecule has 0 aromatic carbocycles. The summed E-state index contributed by atoms with van der Waals surface area (Å²) in [6.45, 7) is 0. The summed E-state index contributed by atoms with van der Waals surface area (Å²) in [5.74, 6) is 2.36. The van der Waals surface area contributed by atoms with Crippen LogP contribution in [0.2, 0.25) is 0 Å². The van der Waals surface area contributed by atoms with Crippen LogP contribution in [-0.4, -0.2) is 28.6 Å². The van der Waals surface area contributed by atoms with E-state index in [1.165, 1.54) is 37.4 Å².